The van der Waals surface area contributed by atoms with Gasteiger partial charge >= 0.3 is 0 Å². The number of Topliss-reactive ketones (excluding diaryl/α,β-unsaturated/α-hetero) is 1. The first-order valence-electron chi connectivity index (χ1n) is 6.16. The molecule has 1 aromatic rings. The number of aromatic hydroxyl groups is 1. The normalized spacial score (nSPS) is 13.8. The van der Waals surface area contributed by atoms with Gasteiger partial charge in [-0.15, -0.1) is 0 Å². The highest BCUT2D eigenvalue weighted by atomic mass is 32.2. The molecular formula is C14H18O5S. The van der Waals surface area contributed by atoms with Gasteiger partial charge in [-0.25, -0.2) is 0 Å². The summed E-state index contributed by atoms with van der Waals surface area (Å²) in [4.78, 5) is 21.9. The van der Waals surface area contributed by atoms with Crippen molar-refractivity contribution in [3.63, 3.8) is 0 Å². The first-order valence-corrected chi connectivity index (χ1v) is 7.14. The predicted molar refractivity (Wildman–Crippen MR) is 76.8 cm³/mol. The van der Waals surface area contributed by atoms with E-state index in [0.717, 1.165) is 11.8 Å². The molecule has 0 heterocycles. The quantitative estimate of drug-likeness (QED) is 0.691. The number of carbonyl (C=O) groups is 2. The minimum absolute atomic E-state index is 0.0462. The number of carbonyl (C=O) groups excluding carboxylic acids is 2. The van der Waals surface area contributed by atoms with Crippen molar-refractivity contribution < 1.29 is 24.9 Å². The fourth-order valence-electron chi connectivity index (χ4n) is 1.73. The molecule has 0 aromatic heterocycles. The molecule has 1 rings (SSSR count). The van der Waals surface area contributed by atoms with Crippen molar-refractivity contribution in [1.82, 2.24) is 0 Å². The van der Waals surface area contributed by atoms with Gasteiger partial charge in [0, 0.05) is 12.7 Å². The second-order valence-electron chi connectivity index (χ2n) is 4.47. The van der Waals surface area contributed by atoms with Crippen LogP contribution in [0.4, 0.5) is 0 Å². The van der Waals surface area contributed by atoms with Crippen LogP contribution in [0.5, 0.6) is 5.75 Å². The van der Waals surface area contributed by atoms with Gasteiger partial charge in [-0.3, -0.25) is 9.59 Å². The van der Waals surface area contributed by atoms with Crippen LogP contribution < -0.4 is 0 Å². The van der Waals surface area contributed by atoms with Crippen LogP contribution in [0, 0.1) is 0 Å². The van der Waals surface area contributed by atoms with Gasteiger partial charge in [0.15, 0.2) is 10.9 Å². The van der Waals surface area contributed by atoms with Crippen LogP contribution in [-0.2, 0) is 4.79 Å². The lowest BCUT2D eigenvalue weighted by atomic mass is 9.99. The molecule has 0 saturated heterocycles. The molecule has 110 valence electrons. The van der Waals surface area contributed by atoms with E-state index in [9.17, 15) is 24.9 Å². The van der Waals surface area contributed by atoms with Gasteiger partial charge in [-0.1, -0.05) is 17.8 Å². The molecule has 5 nitrogen and oxygen atoms in total. The fourth-order valence-corrected chi connectivity index (χ4v) is 2.38. The maximum absolute atomic E-state index is 11.2. The predicted octanol–water partition coefficient (Wildman–Crippen LogP) is 1.66. The maximum atomic E-state index is 11.2. The second kappa shape index (κ2) is 7.42. The van der Waals surface area contributed by atoms with Crippen LogP contribution in [0.1, 0.15) is 42.3 Å². The third-order valence-corrected chi connectivity index (χ3v) is 3.67. The second-order valence-corrected chi connectivity index (χ2v) is 5.75. The molecule has 20 heavy (non-hydrogen) atoms. The van der Waals surface area contributed by atoms with E-state index in [1.54, 1.807) is 0 Å². The molecule has 0 aliphatic rings. The Labute approximate surface area is 121 Å². The largest absolute Gasteiger partial charge is 0.507 e. The van der Waals surface area contributed by atoms with E-state index in [4.69, 9.17) is 0 Å². The Kier molecular flexibility index (Phi) is 6.19. The van der Waals surface area contributed by atoms with Crippen molar-refractivity contribution in [2.45, 2.75) is 32.5 Å². The molecule has 0 spiro atoms. The highest BCUT2D eigenvalue weighted by Gasteiger charge is 2.20. The van der Waals surface area contributed by atoms with E-state index >= 15 is 0 Å². The minimum Gasteiger partial charge on any atom is -0.507 e. The van der Waals surface area contributed by atoms with Gasteiger partial charge in [0.05, 0.1) is 11.7 Å². The number of thioether (sulfide) groups is 1. The van der Waals surface area contributed by atoms with Crippen molar-refractivity contribution in [2.24, 2.45) is 0 Å². The molecule has 0 radical (unpaired) electrons. The van der Waals surface area contributed by atoms with Gasteiger partial charge in [0.2, 0.25) is 0 Å². The number of phenols is 1. The number of hydrogen-bond donors (Lipinski definition) is 3. The van der Waals surface area contributed by atoms with Crippen LogP contribution in [0.15, 0.2) is 18.2 Å². The highest BCUT2D eigenvalue weighted by Crippen LogP contribution is 2.26. The Morgan fingerprint density at radius 1 is 1.25 bits per heavy atom. The van der Waals surface area contributed by atoms with Crippen molar-refractivity contribution in [3.05, 3.63) is 29.3 Å². The van der Waals surface area contributed by atoms with Crippen LogP contribution >= 0.6 is 11.8 Å². The molecule has 3 N–H and O–H groups in total. The molecular weight excluding hydrogens is 280 g/mol. The number of ketones is 1. The summed E-state index contributed by atoms with van der Waals surface area (Å²) in [6.07, 6.45) is -1.96. The van der Waals surface area contributed by atoms with Gasteiger partial charge < -0.3 is 15.3 Å². The van der Waals surface area contributed by atoms with E-state index in [2.05, 4.69) is 0 Å². The summed E-state index contributed by atoms with van der Waals surface area (Å²) in [6, 6.07) is 4.17. The summed E-state index contributed by atoms with van der Waals surface area (Å²) in [5.74, 6) is -0.0910. The number of aliphatic hydroxyl groups is 2. The van der Waals surface area contributed by atoms with Gasteiger partial charge in [-0.2, -0.15) is 0 Å². The average molecular weight is 298 g/mol. The molecule has 0 bridgehead atoms. The summed E-state index contributed by atoms with van der Waals surface area (Å²) >= 11 is 1.08. The summed E-state index contributed by atoms with van der Waals surface area (Å²) in [6.45, 7) is 2.77. The Bertz CT molecular complexity index is 500. The third-order valence-electron chi connectivity index (χ3n) is 2.83. The number of rotatable bonds is 6. The van der Waals surface area contributed by atoms with Crippen molar-refractivity contribution in [2.75, 3.05) is 5.75 Å². The number of phenolic OH excluding ortho intramolecular Hbond substituents is 1. The molecule has 0 aliphatic carbocycles. The van der Waals surface area contributed by atoms with E-state index < -0.39 is 12.2 Å². The zero-order chi connectivity index (χ0) is 15.3. The SMILES string of the molecule is CC(=O)SCCC(O)C(O)c1ccc(C(C)=O)c(O)c1. The lowest BCUT2D eigenvalue weighted by molar-refractivity contribution is -0.109. The highest BCUT2D eigenvalue weighted by molar-refractivity contribution is 8.13. The minimum atomic E-state index is -1.17. The molecule has 6 heteroatoms. The fraction of sp³-hybridized carbons (Fsp3) is 0.429. The first-order chi connectivity index (χ1) is 9.32. The summed E-state index contributed by atoms with van der Waals surface area (Å²) in [7, 11) is 0. The average Bonchev–Trinajstić information content (AvgIpc) is 2.36. The van der Waals surface area contributed by atoms with Crippen LogP contribution in [0.25, 0.3) is 0 Å². The first kappa shape index (κ1) is 16.7. The topological polar surface area (TPSA) is 94.8 Å². The zero-order valence-electron chi connectivity index (χ0n) is 11.4. The summed E-state index contributed by atoms with van der Waals surface area (Å²) < 4.78 is 0. The Balaban J connectivity index is 2.71. The number of benzene rings is 1. The molecule has 0 amide bonds. The molecule has 0 saturated carbocycles. The molecule has 2 unspecified atom stereocenters. The molecule has 1 aromatic carbocycles. The van der Waals surface area contributed by atoms with E-state index in [1.165, 1.54) is 32.0 Å². The van der Waals surface area contributed by atoms with Crippen LogP contribution in [0.2, 0.25) is 0 Å². The molecule has 2 atom stereocenters. The van der Waals surface area contributed by atoms with Crippen molar-refractivity contribution >= 4 is 22.7 Å². The van der Waals surface area contributed by atoms with E-state index in [0.29, 0.717) is 11.3 Å². The van der Waals surface area contributed by atoms with E-state index in [-0.39, 0.29) is 28.6 Å². The number of hydrogen-bond acceptors (Lipinski definition) is 6. The zero-order valence-corrected chi connectivity index (χ0v) is 12.2. The van der Waals surface area contributed by atoms with Crippen molar-refractivity contribution in [1.29, 1.82) is 0 Å². The van der Waals surface area contributed by atoms with E-state index in [1.807, 2.05) is 0 Å². The summed E-state index contributed by atoms with van der Waals surface area (Å²) in [5.41, 5.74) is 0.496. The lowest BCUT2D eigenvalue weighted by Gasteiger charge is -2.18. The lowest BCUT2D eigenvalue weighted by Crippen LogP contribution is -2.19. The van der Waals surface area contributed by atoms with Crippen molar-refractivity contribution in [3.8, 4) is 5.75 Å². The third kappa shape index (κ3) is 4.63. The molecule has 0 fully saturated rings. The molecule has 0 aliphatic heterocycles. The standard InChI is InChI=1S/C14H18O5S/c1-8(15)11-4-3-10(7-13(11)18)14(19)12(17)5-6-20-9(2)16/h3-4,7,12,14,17-19H,5-6H2,1-2H3. The van der Waals surface area contributed by atoms with Gasteiger partial charge in [0.25, 0.3) is 0 Å². The van der Waals surface area contributed by atoms with Gasteiger partial charge in [0.1, 0.15) is 11.9 Å². The smallest absolute Gasteiger partial charge is 0.185 e. The Hall–Kier alpha value is -1.37. The van der Waals surface area contributed by atoms with Crippen LogP contribution in [0.3, 0.4) is 0 Å². The number of aliphatic hydroxyl groups excluding tert-OH is 2. The maximum Gasteiger partial charge on any atom is 0.185 e. The Morgan fingerprint density at radius 3 is 2.40 bits per heavy atom. The van der Waals surface area contributed by atoms with Gasteiger partial charge in [-0.05, 0) is 31.0 Å². The van der Waals surface area contributed by atoms with Crippen LogP contribution in [-0.4, -0.2) is 38.1 Å². The Morgan fingerprint density at radius 2 is 1.90 bits per heavy atom. The monoisotopic (exact) mass is 298 g/mol. The summed E-state index contributed by atoms with van der Waals surface area (Å²) in [5, 5.41) is 29.4.